The van der Waals surface area contributed by atoms with Crippen LogP contribution >= 0.6 is 0 Å². The highest BCUT2D eigenvalue weighted by atomic mass is 14.9. The lowest BCUT2D eigenvalue weighted by atomic mass is 9.58. The molecule has 0 spiro atoms. The second kappa shape index (κ2) is 3.58. The lowest BCUT2D eigenvalue weighted by molar-refractivity contribution is 0.0405. The maximum atomic E-state index is 6.34. The van der Waals surface area contributed by atoms with E-state index in [2.05, 4.69) is 26.1 Å². The first-order valence-electron chi connectivity index (χ1n) is 5.32. The molecule has 1 atom stereocenters. The van der Waals surface area contributed by atoms with E-state index in [0.29, 0.717) is 11.5 Å². The third kappa shape index (κ3) is 2.05. The Morgan fingerprint density at radius 2 is 1.92 bits per heavy atom. The largest absolute Gasteiger partial charge is 0.327 e. The number of rotatable bonds is 3. The Bertz CT molecular complexity index is 165. The molecule has 0 saturated heterocycles. The molecule has 0 aromatic carbocycles. The number of hydrogen-bond donors (Lipinski definition) is 2. The molecule has 0 aliphatic heterocycles. The smallest absolute Gasteiger partial charge is 0.0157 e. The molecule has 2 heteroatoms. The van der Waals surface area contributed by atoms with Crippen LogP contribution in [0.1, 0.15) is 40.0 Å². The van der Waals surface area contributed by atoms with E-state index >= 15 is 0 Å². The van der Waals surface area contributed by atoms with Crippen LogP contribution < -0.4 is 11.1 Å². The molecule has 0 aromatic heterocycles. The highest BCUT2D eigenvalue weighted by molar-refractivity contribution is 5.01. The molecule has 1 fully saturated rings. The highest BCUT2D eigenvalue weighted by Crippen LogP contribution is 2.47. The van der Waals surface area contributed by atoms with Crippen LogP contribution in [0.2, 0.25) is 0 Å². The van der Waals surface area contributed by atoms with Gasteiger partial charge in [0.2, 0.25) is 0 Å². The summed E-state index contributed by atoms with van der Waals surface area (Å²) in [6, 6.07) is 0.321. The predicted octanol–water partition coefficient (Wildman–Crippen LogP) is 1.75. The number of nitrogens with one attached hydrogen (secondary N) is 1. The summed E-state index contributed by atoms with van der Waals surface area (Å²) in [4.78, 5) is 0. The first-order chi connectivity index (χ1) is 5.92. The molecule has 0 aromatic rings. The summed E-state index contributed by atoms with van der Waals surface area (Å²) in [6.45, 7) is 7.81. The van der Waals surface area contributed by atoms with Crippen molar-refractivity contribution >= 4 is 0 Å². The minimum Gasteiger partial charge on any atom is -0.327 e. The molecular formula is C11H24N2. The number of hydrogen-bond acceptors (Lipinski definition) is 2. The Labute approximate surface area is 82.3 Å². The van der Waals surface area contributed by atoms with Crippen LogP contribution in [0.4, 0.5) is 0 Å². The zero-order chi connectivity index (χ0) is 10.1. The predicted molar refractivity (Wildman–Crippen MR) is 57.6 cm³/mol. The van der Waals surface area contributed by atoms with Crippen molar-refractivity contribution in [3.05, 3.63) is 0 Å². The van der Waals surface area contributed by atoms with Crippen molar-refractivity contribution in [2.75, 3.05) is 13.6 Å². The van der Waals surface area contributed by atoms with Crippen LogP contribution in [0.15, 0.2) is 0 Å². The van der Waals surface area contributed by atoms with Gasteiger partial charge in [0.25, 0.3) is 0 Å². The van der Waals surface area contributed by atoms with Crippen molar-refractivity contribution in [2.45, 2.75) is 46.1 Å². The average Bonchev–Trinajstić information content (AvgIpc) is 1.93. The van der Waals surface area contributed by atoms with E-state index in [-0.39, 0.29) is 5.41 Å². The topological polar surface area (TPSA) is 38.0 Å². The Kier molecular flexibility index (Phi) is 3.03. The summed E-state index contributed by atoms with van der Waals surface area (Å²) >= 11 is 0. The van der Waals surface area contributed by atoms with Crippen LogP contribution in [-0.4, -0.2) is 19.6 Å². The van der Waals surface area contributed by atoms with E-state index in [4.69, 9.17) is 5.73 Å². The summed E-state index contributed by atoms with van der Waals surface area (Å²) in [7, 11) is 2.02. The van der Waals surface area contributed by atoms with Crippen molar-refractivity contribution < 1.29 is 0 Å². The second-order valence-corrected chi connectivity index (χ2v) is 5.59. The fraction of sp³-hybridized carbons (Fsp3) is 1.00. The fourth-order valence-electron chi connectivity index (χ4n) is 2.50. The van der Waals surface area contributed by atoms with Gasteiger partial charge in [-0.05, 0) is 30.7 Å². The maximum absolute atomic E-state index is 6.34. The van der Waals surface area contributed by atoms with Crippen molar-refractivity contribution in [3.63, 3.8) is 0 Å². The molecular weight excluding hydrogens is 160 g/mol. The van der Waals surface area contributed by atoms with Crippen molar-refractivity contribution in [2.24, 2.45) is 16.6 Å². The lowest BCUT2D eigenvalue weighted by Crippen LogP contribution is -2.57. The second-order valence-electron chi connectivity index (χ2n) is 5.59. The third-order valence-electron chi connectivity index (χ3n) is 3.47. The molecule has 0 radical (unpaired) electrons. The molecule has 1 aliphatic rings. The van der Waals surface area contributed by atoms with Gasteiger partial charge >= 0.3 is 0 Å². The molecule has 13 heavy (non-hydrogen) atoms. The summed E-state index contributed by atoms with van der Waals surface area (Å²) in [6.07, 6.45) is 3.95. The zero-order valence-corrected chi connectivity index (χ0v) is 9.48. The van der Waals surface area contributed by atoms with Crippen molar-refractivity contribution in [1.82, 2.24) is 5.32 Å². The van der Waals surface area contributed by atoms with Gasteiger partial charge < -0.3 is 11.1 Å². The van der Waals surface area contributed by atoms with E-state index in [1.54, 1.807) is 0 Å². The van der Waals surface area contributed by atoms with E-state index < -0.39 is 0 Å². The van der Waals surface area contributed by atoms with Gasteiger partial charge in [-0.1, -0.05) is 27.2 Å². The molecule has 1 unspecified atom stereocenters. The van der Waals surface area contributed by atoms with E-state index in [1.165, 1.54) is 19.3 Å². The summed E-state index contributed by atoms with van der Waals surface area (Å²) in [5, 5.41) is 3.28. The van der Waals surface area contributed by atoms with Gasteiger partial charge in [-0.25, -0.2) is 0 Å². The quantitative estimate of drug-likeness (QED) is 0.701. The molecule has 0 bridgehead atoms. The van der Waals surface area contributed by atoms with Crippen LogP contribution in [0.25, 0.3) is 0 Å². The van der Waals surface area contributed by atoms with Gasteiger partial charge in [-0.3, -0.25) is 0 Å². The van der Waals surface area contributed by atoms with Crippen LogP contribution in [0.5, 0.6) is 0 Å². The maximum Gasteiger partial charge on any atom is 0.0157 e. The monoisotopic (exact) mass is 184 g/mol. The molecule has 3 N–H and O–H groups in total. The van der Waals surface area contributed by atoms with Crippen LogP contribution in [0.3, 0.4) is 0 Å². The highest BCUT2D eigenvalue weighted by Gasteiger charge is 2.46. The van der Waals surface area contributed by atoms with Gasteiger partial charge in [0.1, 0.15) is 0 Å². The van der Waals surface area contributed by atoms with Gasteiger partial charge in [0, 0.05) is 12.6 Å². The lowest BCUT2D eigenvalue weighted by Gasteiger charge is -2.51. The minimum absolute atomic E-state index is 0.233. The normalized spacial score (nSPS) is 23.8. The molecule has 2 nitrogen and oxygen atoms in total. The molecule has 0 heterocycles. The standard InChI is InChI=1S/C11H24N2/c1-10(2,3)9(12)11(8-13-4)6-5-7-11/h9,13H,5-8,12H2,1-4H3. The number of nitrogens with two attached hydrogens (primary N) is 1. The molecule has 1 aliphatic carbocycles. The Hall–Kier alpha value is -0.0800. The van der Waals surface area contributed by atoms with Crippen molar-refractivity contribution in [3.8, 4) is 0 Å². The summed E-state index contributed by atoms with van der Waals surface area (Å²) in [5.74, 6) is 0. The molecule has 0 amide bonds. The van der Waals surface area contributed by atoms with E-state index in [0.717, 1.165) is 6.54 Å². The molecule has 1 saturated carbocycles. The third-order valence-corrected chi connectivity index (χ3v) is 3.47. The first-order valence-corrected chi connectivity index (χ1v) is 5.32. The Morgan fingerprint density at radius 1 is 1.38 bits per heavy atom. The Balaban J connectivity index is 2.65. The van der Waals surface area contributed by atoms with E-state index in [1.807, 2.05) is 7.05 Å². The fourth-order valence-corrected chi connectivity index (χ4v) is 2.50. The molecule has 1 rings (SSSR count). The van der Waals surface area contributed by atoms with Gasteiger partial charge in [0.15, 0.2) is 0 Å². The van der Waals surface area contributed by atoms with Gasteiger partial charge in [-0.2, -0.15) is 0 Å². The minimum atomic E-state index is 0.233. The van der Waals surface area contributed by atoms with Gasteiger partial charge in [-0.15, -0.1) is 0 Å². The van der Waals surface area contributed by atoms with E-state index in [9.17, 15) is 0 Å². The Morgan fingerprint density at radius 3 is 2.15 bits per heavy atom. The van der Waals surface area contributed by atoms with Gasteiger partial charge in [0.05, 0.1) is 0 Å². The van der Waals surface area contributed by atoms with Crippen LogP contribution in [0, 0.1) is 10.8 Å². The molecule has 78 valence electrons. The van der Waals surface area contributed by atoms with Crippen LogP contribution in [-0.2, 0) is 0 Å². The van der Waals surface area contributed by atoms with Crippen molar-refractivity contribution in [1.29, 1.82) is 0 Å². The summed E-state index contributed by atoms with van der Waals surface area (Å²) in [5.41, 5.74) is 6.95. The summed E-state index contributed by atoms with van der Waals surface area (Å²) < 4.78 is 0. The average molecular weight is 184 g/mol. The zero-order valence-electron chi connectivity index (χ0n) is 9.48. The first kappa shape index (κ1) is 11.0. The SMILES string of the molecule is CNCC1(C(N)C(C)(C)C)CCC1.